The normalized spacial score (nSPS) is 22.2. The van der Waals surface area contributed by atoms with Crippen molar-refractivity contribution >= 4 is 6.09 Å². The molecule has 1 fully saturated rings. The van der Waals surface area contributed by atoms with Gasteiger partial charge in [0.2, 0.25) is 0 Å². The molecule has 1 rings (SSSR count). The van der Waals surface area contributed by atoms with Crippen LogP contribution in [0.3, 0.4) is 0 Å². The lowest BCUT2D eigenvalue weighted by Gasteiger charge is -2.37. The molecule has 0 aliphatic carbocycles. The Kier molecular flexibility index (Phi) is 6.03. The number of ether oxygens (including phenoxy) is 2. The zero-order valence-corrected chi connectivity index (χ0v) is 12.4. The van der Waals surface area contributed by atoms with E-state index in [1.165, 1.54) is 0 Å². The molecule has 1 heterocycles. The van der Waals surface area contributed by atoms with Crippen LogP contribution in [0, 0.1) is 0 Å². The van der Waals surface area contributed by atoms with Crippen molar-refractivity contribution in [3.8, 4) is 0 Å². The van der Waals surface area contributed by atoms with Crippen LogP contribution in [0.4, 0.5) is 4.79 Å². The van der Waals surface area contributed by atoms with E-state index >= 15 is 0 Å². The van der Waals surface area contributed by atoms with Gasteiger partial charge in [-0.15, -0.1) is 0 Å². The second-order valence-electron chi connectivity index (χ2n) is 5.95. The third-order valence-electron chi connectivity index (χ3n) is 2.91. The predicted molar refractivity (Wildman–Crippen MR) is 74.1 cm³/mol. The number of carbonyl (C=O) groups excluding carboxylic acids is 1. The van der Waals surface area contributed by atoms with Gasteiger partial charge in [0.05, 0.1) is 19.3 Å². The smallest absolute Gasteiger partial charge is 0.410 e. The predicted octanol–water partition coefficient (Wildman–Crippen LogP) is 0.559. The van der Waals surface area contributed by atoms with Crippen molar-refractivity contribution in [2.24, 2.45) is 5.73 Å². The number of hydrogen-bond acceptors (Lipinski definition) is 5. The number of nitrogens with two attached hydrogens (primary N) is 1. The molecule has 2 atom stereocenters. The van der Waals surface area contributed by atoms with E-state index in [0.717, 1.165) is 0 Å². The lowest BCUT2D eigenvalue weighted by atomic mass is 10.2. The first kappa shape index (κ1) is 16.2. The van der Waals surface area contributed by atoms with Gasteiger partial charge >= 0.3 is 6.09 Å². The quantitative estimate of drug-likeness (QED) is 0.782. The van der Waals surface area contributed by atoms with Gasteiger partial charge in [-0.05, 0) is 27.7 Å². The Balaban J connectivity index is 2.54. The van der Waals surface area contributed by atoms with Crippen molar-refractivity contribution < 1.29 is 14.3 Å². The van der Waals surface area contributed by atoms with Gasteiger partial charge in [-0.25, -0.2) is 4.79 Å². The molecule has 6 nitrogen and oxygen atoms in total. The maximum Gasteiger partial charge on any atom is 0.410 e. The van der Waals surface area contributed by atoms with Crippen LogP contribution in [0.25, 0.3) is 0 Å². The zero-order valence-electron chi connectivity index (χ0n) is 12.4. The van der Waals surface area contributed by atoms with Crippen molar-refractivity contribution in [1.82, 2.24) is 10.2 Å². The Morgan fingerprint density at radius 3 is 2.84 bits per heavy atom. The summed E-state index contributed by atoms with van der Waals surface area (Å²) < 4.78 is 10.9. The molecular formula is C13H27N3O3. The van der Waals surface area contributed by atoms with Gasteiger partial charge in [0.1, 0.15) is 5.60 Å². The van der Waals surface area contributed by atoms with Crippen LogP contribution >= 0.6 is 0 Å². The van der Waals surface area contributed by atoms with Crippen molar-refractivity contribution in [3.05, 3.63) is 0 Å². The fraction of sp³-hybridized carbons (Fsp3) is 0.923. The maximum atomic E-state index is 12.1. The standard InChI is InChI=1S/C13H27N3O3/c1-10(7-14)15-8-11-9-18-6-5-16(11)12(17)19-13(2,3)4/h10-11,15H,5-9,14H2,1-4H3. The molecule has 0 spiro atoms. The Morgan fingerprint density at radius 1 is 1.58 bits per heavy atom. The summed E-state index contributed by atoms with van der Waals surface area (Å²) in [6.45, 7) is 10.5. The average molecular weight is 273 g/mol. The highest BCUT2D eigenvalue weighted by atomic mass is 16.6. The number of nitrogens with one attached hydrogen (secondary N) is 1. The summed E-state index contributed by atoms with van der Waals surface area (Å²) in [4.78, 5) is 13.9. The van der Waals surface area contributed by atoms with Gasteiger partial charge in [-0.1, -0.05) is 0 Å². The number of nitrogens with zero attached hydrogens (tertiary/aromatic N) is 1. The van der Waals surface area contributed by atoms with E-state index in [0.29, 0.717) is 32.8 Å². The molecule has 1 aliphatic rings. The highest BCUT2D eigenvalue weighted by Crippen LogP contribution is 2.14. The van der Waals surface area contributed by atoms with E-state index < -0.39 is 5.60 Å². The summed E-state index contributed by atoms with van der Waals surface area (Å²) in [7, 11) is 0. The second-order valence-corrected chi connectivity index (χ2v) is 5.95. The minimum Gasteiger partial charge on any atom is -0.444 e. The van der Waals surface area contributed by atoms with Crippen LogP contribution in [-0.2, 0) is 9.47 Å². The highest BCUT2D eigenvalue weighted by Gasteiger charge is 2.30. The summed E-state index contributed by atoms with van der Waals surface area (Å²) in [5.74, 6) is 0. The van der Waals surface area contributed by atoms with Crippen molar-refractivity contribution in [1.29, 1.82) is 0 Å². The molecule has 6 heteroatoms. The molecule has 0 aromatic carbocycles. The molecular weight excluding hydrogens is 246 g/mol. The van der Waals surface area contributed by atoms with E-state index in [1.54, 1.807) is 4.90 Å². The monoisotopic (exact) mass is 273 g/mol. The minimum atomic E-state index is -0.474. The summed E-state index contributed by atoms with van der Waals surface area (Å²) in [5, 5.41) is 3.30. The molecule has 3 N–H and O–H groups in total. The van der Waals surface area contributed by atoms with Crippen molar-refractivity contribution in [2.75, 3.05) is 32.8 Å². The molecule has 112 valence electrons. The Morgan fingerprint density at radius 2 is 2.26 bits per heavy atom. The molecule has 0 aromatic rings. The topological polar surface area (TPSA) is 76.8 Å². The highest BCUT2D eigenvalue weighted by molar-refractivity contribution is 5.68. The van der Waals surface area contributed by atoms with E-state index in [4.69, 9.17) is 15.2 Å². The lowest BCUT2D eigenvalue weighted by molar-refractivity contribution is -0.0320. The molecule has 0 bridgehead atoms. The Labute approximate surface area is 115 Å². The summed E-state index contributed by atoms with van der Waals surface area (Å²) in [5.41, 5.74) is 5.09. The van der Waals surface area contributed by atoms with E-state index in [1.807, 2.05) is 27.7 Å². The second kappa shape index (κ2) is 7.07. The minimum absolute atomic E-state index is 0.00222. The molecule has 2 unspecified atom stereocenters. The van der Waals surface area contributed by atoms with Gasteiger partial charge in [-0.3, -0.25) is 4.90 Å². The van der Waals surface area contributed by atoms with Crippen LogP contribution in [0.2, 0.25) is 0 Å². The Bertz CT molecular complexity index is 291. The fourth-order valence-corrected chi connectivity index (χ4v) is 1.81. The third kappa shape index (κ3) is 5.76. The number of hydrogen-bond donors (Lipinski definition) is 2. The van der Waals surface area contributed by atoms with Crippen molar-refractivity contribution in [3.63, 3.8) is 0 Å². The van der Waals surface area contributed by atoms with Crippen LogP contribution in [0.15, 0.2) is 0 Å². The van der Waals surface area contributed by atoms with Crippen LogP contribution in [-0.4, -0.2) is 61.5 Å². The third-order valence-corrected chi connectivity index (χ3v) is 2.91. The van der Waals surface area contributed by atoms with Crippen LogP contribution in [0.1, 0.15) is 27.7 Å². The number of carbonyl (C=O) groups is 1. The number of amides is 1. The summed E-state index contributed by atoms with van der Waals surface area (Å²) in [6.07, 6.45) is -0.275. The molecule has 1 amide bonds. The first-order chi connectivity index (χ1) is 8.83. The molecule has 0 radical (unpaired) electrons. The first-order valence-electron chi connectivity index (χ1n) is 6.84. The van der Waals surface area contributed by atoms with Gasteiger partial charge in [0.15, 0.2) is 0 Å². The van der Waals surface area contributed by atoms with Crippen LogP contribution in [0.5, 0.6) is 0 Å². The van der Waals surface area contributed by atoms with E-state index in [9.17, 15) is 4.79 Å². The summed E-state index contributed by atoms with van der Waals surface area (Å²) >= 11 is 0. The largest absolute Gasteiger partial charge is 0.444 e. The van der Waals surface area contributed by atoms with Gasteiger partial charge in [-0.2, -0.15) is 0 Å². The summed E-state index contributed by atoms with van der Waals surface area (Å²) in [6, 6.07) is 0.222. The molecule has 0 saturated carbocycles. The van der Waals surface area contributed by atoms with Crippen molar-refractivity contribution in [2.45, 2.75) is 45.4 Å². The molecule has 0 aromatic heterocycles. The maximum absolute atomic E-state index is 12.1. The zero-order chi connectivity index (χ0) is 14.5. The average Bonchev–Trinajstić information content (AvgIpc) is 2.34. The SMILES string of the molecule is CC(CN)NCC1COCCN1C(=O)OC(C)(C)C. The lowest BCUT2D eigenvalue weighted by Crippen LogP contribution is -2.55. The fourth-order valence-electron chi connectivity index (χ4n) is 1.81. The molecule has 1 aliphatic heterocycles. The number of morpholine rings is 1. The van der Waals surface area contributed by atoms with E-state index in [2.05, 4.69) is 5.32 Å². The van der Waals surface area contributed by atoms with E-state index in [-0.39, 0.29) is 18.2 Å². The van der Waals surface area contributed by atoms with Crippen LogP contribution < -0.4 is 11.1 Å². The first-order valence-corrected chi connectivity index (χ1v) is 6.84. The molecule has 1 saturated heterocycles. The number of rotatable bonds is 4. The Hall–Kier alpha value is -0.850. The van der Waals surface area contributed by atoms with Gasteiger partial charge < -0.3 is 20.5 Å². The van der Waals surface area contributed by atoms with Gasteiger partial charge in [0.25, 0.3) is 0 Å². The molecule has 19 heavy (non-hydrogen) atoms. The van der Waals surface area contributed by atoms with Gasteiger partial charge in [0, 0.05) is 25.7 Å².